The van der Waals surface area contributed by atoms with Gasteiger partial charge in [-0.3, -0.25) is 10.2 Å². The number of anilines is 2. The van der Waals surface area contributed by atoms with Crippen LogP contribution in [0.5, 0.6) is 5.75 Å². The van der Waals surface area contributed by atoms with E-state index >= 15 is 0 Å². The van der Waals surface area contributed by atoms with Crippen LogP contribution in [0, 0.1) is 13.8 Å². The lowest BCUT2D eigenvalue weighted by atomic mass is 9.81. The summed E-state index contributed by atoms with van der Waals surface area (Å²) in [6.07, 6.45) is 0.995. The molecule has 5 heteroatoms. The number of likely N-dealkylation sites (N-methyl/N-ethyl adjacent to an activating group) is 2. The molecule has 0 radical (unpaired) electrons. The number of ether oxygens (including phenoxy) is 1. The zero-order chi connectivity index (χ0) is 19.3. The molecule has 2 heterocycles. The van der Waals surface area contributed by atoms with E-state index < -0.39 is 6.09 Å². The van der Waals surface area contributed by atoms with Crippen LogP contribution in [0.25, 0.3) is 0 Å². The maximum atomic E-state index is 12.4. The maximum absolute atomic E-state index is 12.4. The highest BCUT2D eigenvalue weighted by atomic mass is 16.6. The Morgan fingerprint density at radius 3 is 2.70 bits per heavy atom. The van der Waals surface area contributed by atoms with E-state index in [9.17, 15) is 4.79 Å². The summed E-state index contributed by atoms with van der Waals surface area (Å²) in [6, 6.07) is 11.9. The van der Waals surface area contributed by atoms with E-state index in [2.05, 4.69) is 42.2 Å². The zero-order valence-corrected chi connectivity index (χ0v) is 16.7. The Hall–Kier alpha value is -2.53. The Labute approximate surface area is 160 Å². The van der Waals surface area contributed by atoms with Gasteiger partial charge in [0.1, 0.15) is 5.75 Å². The van der Waals surface area contributed by atoms with Crippen LogP contribution in [0.2, 0.25) is 0 Å². The number of nitrogens with one attached hydrogen (secondary N) is 1. The second kappa shape index (κ2) is 6.27. The van der Waals surface area contributed by atoms with Crippen LogP contribution in [-0.2, 0) is 5.41 Å². The first-order chi connectivity index (χ1) is 12.8. The van der Waals surface area contributed by atoms with E-state index in [1.165, 1.54) is 16.8 Å². The Balaban J connectivity index is 1.55. The van der Waals surface area contributed by atoms with Gasteiger partial charge in [-0.15, -0.1) is 0 Å². The minimum Gasteiger partial charge on any atom is -0.410 e. The normalized spacial score (nSPS) is 23.9. The smallest absolute Gasteiger partial charge is 0.410 e. The summed E-state index contributed by atoms with van der Waals surface area (Å²) >= 11 is 0. The van der Waals surface area contributed by atoms with Crippen molar-refractivity contribution in [3.05, 3.63) is 53.1 Å². The molecule has 1 amide bonds. The number of benzene rings is 2. The number of hydrogen-bond acceptors (Lipinski definition) is 4. The highest BCUT2D eigenvalue weighted by molar-refractivity contribution is 5.87. The molecule has 2 aromatic carbocycles. The van der Waals surface area contributed by atoms with Crippen LogP contribution in [0.15, 0.2) is 36.4 Å². The number of hydrogen-bond donors (Lipinski definition) is 1. The zero-order valence-electron chi connectivity index (χ0n) is 16.7. The molecule has 2 aliphatic rings. The fourth-order valence-corrected chi connectivity index (χ4v) is 4.81. The minimum atomic E-state index is -0.460. The predicted molar refractivity (Wildman–Crippen MR) is 109 cm³/mol. The number of carbonyl (C=O) groups is 1. The molecule has 2 atom stereocenters. The molecule has 0 aromatic heterocycles. The molecule has 1 saturated heterocycles. The molecule has 5 nitrogen and oxygen atoms in total. The van der Waals surface area contributed by atoms with E-state index in [0.717, 1.165) is 24.2 Å². The molecule has 0 bridgehead atoms. The van der Waals surface area contributed by atoms with Crippen molar-refractivity contribution in [1.82, 2.24) is 4.90 Å². The lowest BCUT2D eigenvalue weighted by molar-refractivity contribution is 0.215. The largest absolute Gasteiger partial charge is 0.417 e. The molecule has 1 unspecified atom stereocenters. The minimum absolute atomic E-state index is 0.0578. The third-order valence-corrected chi connectivity index (χ3v) is 6.13. The van der Waals surface area contributed by atoms with Crippen molar-refractivity contribution >= 4 is 17.5 Å². The first-order valence-corrected chi connectivity index (χ1v) is 9.43. The van der Waals surface area contributed by atoms with Crippen LogP contribution < -0.4 is 15.0 Å². The van der Waals surface area contributed by atoms with Gasteiger partial charge in [0.2, 0.25) is 0 Å². The molecular formula is C22H27N3O2. The number of rotatable bonds is 2. The summed E-state index contributed by atoms with van der Waals surface area (Å²) < 4.78 is 5.60. The molecule has 142 valence electrons. The Bertz CT molecular complexity index is 910. The monoisotopic (exact) mass is 365 g/mol. The molecule has 1 N–H and O–H groups in total. The molecular weight excluding hydrogens is 338 g/mol. The van der Waals surface area contributed by atoms with Gasteiger partial charge in [0.15, 0.2) is 0 Å². The number of aryl methyl sites for hydroxylation is 2. The molecule has 0 saturated carbocycles. The lowest BCUT2D eigenvalue weighted by Gasteiger charge is -2.32. The van der Waals surface area contributed by atoms with Crippen molar-refractivity contribution in [3.8, 4) is 5.75 Å². The van der Waals surface area contributed by atoms with Gasteiger partial charge in [0.25, 0.3) is 0 Å². The van der Waals surface area contributed by atoms with Crippen LogP contribution in [0.4, 0.5) is 16.2 Å². The van der Waals surface area contributed by atoms with Crippen LogP contribution in [0.1, 0.15) is 30.0 Å². The summed E-state index contributed by atoms with van der Waals surface area (Å²) in [7, 11) is 4.32. The second-order valence-electron chi connectivity index (χ2n) is 8.14. The van der Waals surface area contributed by atoms with Gasteiger partial charge in [-0.25, -0.2) is 4.79 Å². The molecule has 4 rings (SSSR count). The molecule has 27 heavy (non-hydrogen) atoms. The summed E-state index contributed by atoms with van der Waals surface area (Å²) in [6.45, 7) is 7.39. The van der Waals surface area contributed by atoms with Crippen molar-refractivity contribution < 1.29 is 9.53 Å². The van der Waals surface area contributed by atoms with Gasteiger partial charge >= 0.3 is 6.09 Å². The number of amides is 1. The van der Waals surface area contributed by atoms with Gasteiger partial charge in [0, 0.05) is 30.4 Å². The molecule has 2 aliphatic heterocycles. The van der Waals surface area contributed by atoms with Gasteiger partial charge in [0.05, 0.1) is 6.17 Å². The van der Waals surface area contributed by atoms with Gasteiger partial charge in [-0.2, -0.15) is 0 Å². The Kier molecular flexibility index (Phi) is 4.15. The highest BCUT2D eigenvalue weighted by Crippen LogP contribution is 2.51. The molecule has 0 spiro atoms. The first kappa shape index (κ1) is 17.9. The SMILES string of the molecule is Cc1ccc(NC(=O)Oc2ccc3c(c2)[C@]2(C)CCN(C)C2N3C)c(C)c1. The van der Waals surface area contributed by atoms with Gasteiger partial charge in [-0.1, -0.05) is 24.6 Å². The summed E-state index contributed by atoms with van der Waals surface area (Å²) in [5.41, 5.74) is 5.50. The van der Waals surface area contributed by atoms with E-state index in [0.29, 0.717) is 11.9 Å². The quantitative estimate of drug-likeness (QED) is 0.863. The molecule has 2 aromatic rings. The predicted octanol–water partition coefficient (Wildman–Crippen LogP) is 4.28. The van der Waals surface area contributed by atoms with Gasteiger partial charge in [-0.05, 0) is 62.7 Å². The van der Waals surface area contributed by atoms with Gasteiger partial charge < -0.3 is 9.64 Å². The fourth-order valence-electron chi connectivity index (χ4n) is 4.81. The van der Waals surface area contributed by atoms with Crippen LogP contribution in [0.3, 0.4) is 0 Å². The number of carbonyl (C=O) groups excluding carboxylic acids is 1. The van der Waals surface area contributed by atoms with E-state index in [1.807, 2.05) is 44.2 Å². The third kappa shape index (κ3) is 2.86. The maximum Gasteiger partial charge on any atom is 0.417 e. The van der Waals surface area contributed by atoms with Crippen molar-refractivity contribution in [2.24, 2.45) is 0 Å². The Morgan fingerprint density at radius 1 is 1.19 bits per heavy atom. The Morgan fingerprint density at radius 2 is 1.96 bits per heavy atom. The number of nitrogens with zero attached hydrogens (tertiary/aromatic N) is 2. The molecule has 0 aliphatic carbocycles. The van der Waals surface area contributed by atoms with Crippen molar-refractivity contribution in [2.45, 2.75) is 38.8 Å². The van der Waals surface area contributed by atoms with Crippen LogP contribution >= 0.6 is 0 Å². The fraction of sp³-hybridized carbons (Fsp3) is 0.409. The summed E-state index contributed by atoms with van der Waals surface area (Å²) in [5, 5.41) is 2.85. The van der Waals surface area contributed by atoms with Crippen LogP contribution in [-0.4, -0.2) is 37.8 Å². The first-order valence-electron chi connectivity index (χ1n) is 9.43. The standard InChI is InChI=1S/C22H27N3O2/c1-14-6-8-18(15(2)12-14)23-21(26)27-16-7-9-19-17(13-16)22(3)10-11-24(4)20(22)25(19)5/h6-9,12-13,20H,10-11H2,1-5H3,(H,23,26)/t20?,22-/m0/s1. The second-order valence-corrected chi connectivity index (χ2v) is 8.14. The topological polar surface area (TPSA) is 44.8 Å². The van der Waals surface area contributed by atoms with E-state index in [1.54, 1.807) is 0 Å². The van der Waals surface area contributed by atoms with Crippen molar-refractivity contribution in [2.75, 3.05) is 30.9 Å². The van der Waals surface area contributed by atoms with Crippen molar-refractivity contribution in [3.63, 3.8) is 0 Å². The summed E-state index contributed by atoms with van der Waals surface area (Å²) in [5.74, 6) is 0.584. The van der Waals surface area contributed by atoms with Crippen molar-refractivity contribution in [1.29, 1.82) is 0 Å². The average molecular weight is 365 g/mol. The highest BCUT2D eigenvalue weighted by Gasteiger charge is 2.52. The third-order valence-electron chi connectivity index (χ3n) is 6.13. The van der Waals surface area contributed by atoms with E-state index in [-0.39, 0.29) is 5.41 Å². The summed E-state index contributed by atoms with van der Waals surface area (Å²) in [4.78, 5) is 17.1. The number of likely N-dealkylation sites (tertiary alicyclic amines) is 1. The molecule has 1 fully saturated rings. The lowest BCUT2D eigenvalue weighted by Crippen LogP contribution is -2.45. The average Bonchev–Trinajstić information content (AvgIpc) is 3.03. The van der Waals surface area contributed by atoms with E-state index in [4.69, 9.17) is 4.74 Å². The number of fused-ring (bicyclic) bond motifs is 3.